The SMILES string of the molecule is COCCNCc1cc(-c2ccc(OC)cc2)n[nH]c1=O. The molecule has 0 amide bonds. The topological polar surface area (TPSA) is 76.2 Å². The molecular weight excluding hydrogens is 270 g/mol. The Morgan fingerprint density at radius 3 is 2.67 bits per heavy atom. The summed E-state index contributed by atoms with van der Waals surface area (Å²) in [5, 5.41) is 9.75. The molecule has 2 aromatic rings. The van der Waals surface area contributed by atoms with E-state index < -0.39 is 0 Å². The van der Waals surface area contributed by atoms with E-state index in [1.807, 2.05) is 24.3 Å². The molecule has 0 aliphatic rings. The number of hydrogen-bond donors (Lipinski definition) is 2. The van der Waals surface area contributed by atoms with E-state index in [2.05, 4.69) is 15.5 Å². The largest absolute Gasteiger partial charge is 0.497 e. The number of ether oxygens (including phenoxy) is 2. The summed E-state index contributed by atoms with van der Waals surface area (Å²) in [6, 6.07) is 9.32. The number of benzene rings is 1. The van der Waals surface area contributed by atoms with Crippen LogP contribution in [0.15, 0.2) is 35.1 Å². The number of aromatic amines is 1. The second-order valence-electron chi connectivity index (χ2n) is 4.51. The van der Waals surface area contributed by atoms with Crippen LogP contribution in [-0.2, 0) is 11.3 Å². The Bertz CT molecular complexity index is 623. The molecule has 6 nitrogen and oxygen atoms in total. The summed E-state index contributed by atoms with van der Waals surface area (Å²) in [7, 11) is 3.26. The van der Waals surface area contributed by atoms with Crippen LogP contribution >= 0.6 is 0 Å². The maximum absolute atomic E-state index is 11.8. The minimum absolute atomic E-state index is 0.183. The zero-order chi connectivity index (χ0) is 15.1. The molecule has 1 heterocycles. The number of rotatable bonds is 7. The first-order valence-electron chi connectivity index (χ1n) is 6.67. The monoisotopic (exact) mass is 289 g/mol. The fourth-order valence-corrected chi connectivity index (χ4v) is 1.88. The molecule has 6 heteroatoms. The summed E-state index contributed by atoms with van der Waals surface area (Å²) >= 11 is 0. The first-order chi connectivity index (χ1) is 10.2. The first kappa shape index (κ1) is 15.2. The van der Waals surface area contributed by atoms with Crippen molar-refractivity contribution in [2.24, 2.45) is 0 Å². The van der Waals surface area contributed by atoms with Gasteiger partial charge in [0, 0.05) is 31.3 Å². The second-order valence-corrected chi connectivity index (χ2v) is 4.51. The Hall–Kier alpha value is -2.18. The lowest BCUT2D eigenvalue weighted by atomic mass is 10.1. The fraction of sp³-hybridized carbons (Fsp3) is 0.333. The molecule has 0 fully saturated rings. The van der Waals surface area contributed by atoms with E-state index in [4.69, 9.17) is 9.47 Å². The highest BCUT2D eigenvalue weighted by Crippen LogP contribution is 2.19. The van der Waals surface area contributed by atoms with Crippen LogP contribution in [0.5, 0.6) is 5.75 Å². The molecule has 0 aliphatic carbocycles. The number of H-pyrrole nitrogens is 1. The number of nitrogens with one attached hydrogen (secondary N) is 2. The zero-order valence-corrected chi connectivity index (χ0v) is 12.2. The third-order valence-corrected chi connectivity index (χ3v) is 3.06. The van der Waals surface area contributed by atoms with Gasteiger partial charge >= 0.3 is 0 Å². The van der Waals surface area contributed by atoms with Gasteiger partial charge in [0.25, 0.3) is 5.56 Å². The van der Waals surface area contributed by atoms with Gasteiger partial charge < -0.3 is 14.8 Å². The Kier molecular flexibility index (Phi) is 5.48. The van der Waals surface area contributed by atoms with Crippen molar-refractivity contribution in [3.8, 4) is 17.0 Å². The first-order valence-corrected chi connectivity index (χ1v) is 6.67. The minimum atomic E-state index is -0.183. The van der Waals surface area contributed by atoms with E-state index in [0.29, 0.717) is 25.3 Å². The lowest BCUT2D eigenvalue weighted by Crippen LogP contribution is -2.24. The van der Waals surface area contributed by atoms with Crippen molar-refractivity contribution in [3.63, 3.8) is 0 Å². The van der Waals surface area contributed by atoms with Gasteiger partial charge in [0.1, 0.15) is 5.75 Å². The Morgan fingerprint density at radius 2 is 2.00 bits per heavy atom. The van der Waals surface area contributed by atoms with Crippen LogP contribution in [0.3, 0.4) is 0 Å². The van der Waals surface area contributed by atoms with E-state index in [-0.39, 0.29) is 5.56 Å². The molecule has 21 heavy (non-hydrogen) atoms. The number of hydrogen-bond acceptors (Lipinski definition) is 5. The maximum Gasteiger partial charge on any atom is 0.268 e. The molecule has 0 spiro atoms. The summed E-state index contributed by atoms with van der Waals surface area (Å²) in [6.07, 6.45) is 0. The zero-order valence-electron chi connectivity index (χ0n) is 12.2. The van der Waals surface area contributed by atoms with Crippen LogP contribution in [-0.4, -0.2) is 37.6 Å². The van der Waals surface area contributed by atoms with E-state index in [0.717, 1.165) is 17.0 Å². The minimum Gasteiger partial charge on any atom is -0.497 e. The Labute approximate surface area is 123 Å². The van der Waals surface area contributed by atoms with E-state index in [1.165, 1.54) is 0 Å². The van der Waals surface area contributed by atoms with Crippen LogP contribution in [0.25, 0.3) is 11.3 Å². The number of aromatic nitrogens is 2. The van der Waals surface area contributed by atoms with Gasteiger partial charge in [0.15, 0.2) is 0 Å². The van der Waals surface area contributed by atoms with Crippen molar-refractivity contribution in [2.45, 2.75) is 6.54 Å². The lowest BCUT2D eigenvalue weighted by Gasteiger charge is -2.06. The molecule has 0 atom stereocenters. The fourth-order valence-electron chi connectivity index (χ4n) is 1.88. The van der Waals surface area contributed by atoms with E-state index in [9.17, 15) is 4.79 Å². The molecule has 0 bridgehead atoms. The predicted molar refractivity (Wildman–Crippen MR) is 80.4 cm³/mol. The highest BCUT2D eigenvalue weighted by Gasteiger charge is 2.05. The highest BCUT2D eigenvalue weighted by molar-refractivity contribution is 5.60. The summed E-state index contributed by atoms with van der Waals surface area (Å²) in [5.41, 5.74) is 2.11. The van der Waals surface area contributed by atoms with Crippen molar-refractivity contribution < 1.29 is 9.47 Å². The number of nitrogens with zero attached hydrogens (tertiary/aromatic N) is 1. The van der Waals surface area contributed by atoms with Crippen LogP contribution in [0.4, 0.5) is 0 Å². The van der Waals surface area contributed by atoms with Crippen LogP contribution in [0.2, 0.25) is 0 Å². The van der Waals surface area contributed by atoms with Crippen LogP contribution < -0.4 is 15.6 Å². The van der Waals surface area contributed by atoms with Crippen molar-refractivity contribution in [2.75, 3.05) is 27.4 Å². The normalized spacial score (nSPS) is 10.6. The van der Waals surface area contributed by atoms with Crippen LogP contribution in [0.1, 0.15) is 5.56 Å². The molecule has 0 unspecified atom stereocenters. The summed E-state index contributed by atoms with van der Waals surface area (Å²) in [5.74, 6) is 0.782. The molecule has 2 rings (SSSR count). The molecule has 0 radical (unpaired) electrons. The van der Waals surface area contributed by atoms with Gasteiger partial charge in [-0.25, -0.2) is 5.10 Å². The van der Waals surface area contributed by atoms with Gasteiger partial charge in [-0.3, -0.25) is 4.79 Å². The quantitative estimate of drug-likeness (QED) is 0.749. The highest BCUT2D eigenvalue weighted by atomic mass is 16.5. The smallest absolute Gasteiger partial charge is 0.268 e. The van der Waals surface area contributed by atoms with Gasteiger partial charge in [0.2, 0.25) is 0 Å². The van der Waals surface area contributed by atoms with Gasteiger partial charge in [-0.15, -0.1) is 0 Å². The lowest BCUT2D eigenvalue weighted by molar-refractivity contribution is 0.199. The van der Waals surface area contributed by atoms with Gasteiger partial charge in [-0.05, 0) is 30.3 Å². The van der Waals surface area contributed by atoms with Gasteiger partial charge in [-0.2, -0.15) is 5.10 Å². The third kappa shape index (κ3) is 4.14. The summed E-state index contributed by atoms with van der Waals surface area (Å²) in [6.45, 7) is 1.77. The van der Waals surface area contributed by atoms with Gasteiger partial charge in [0.05, 0.1) is 19.4 Å². The Balaban J connectivity index is 2.15. The van der Waals surface area contributed by atoms with E-state index >= 15 is 0 Å². The van der Waals surface area contributed by atoms with Crippen molar-refractivity contribution >= 4 is 0 Å². The van der Waals surface area contributed by atoms with Crippen molar-refractivity contribution in [3.05, 3.63) is 46.2 Å². The molecule has 0 saturated heterocycles. The molecule has 112 valence electrons. The molecule has 1 aromatic heterocycles. The summed E-state index contributed by atoms with van der Waals surface area (Å²) in [4.78, 5) is 11.8. The predicted octanol–water partition coefficient (Wildman–Crippen LogP) is 1.18. The maximum atomic E-state index is 11.8. The molecule has 0 aliphatic heterocycles. The van der Waals surface area contributed by atoms with E-state index in [1.54, 1.807) is 20.3 Å². The third-order valence-electron chi connectivity index (χ3n) is 3.06. The van der Waals surface area contributed by atoms with Crippen molar-refractivity contribution in [1.82, 2.24) is 15.5 Å². The molecule has 2 N–H and O–H groups in total. The average Bonchev–Trinajstić information content (AvgIpc) is 2.53. The van der Waals surface area contributed by atoms with Crippen LogP contribution in [0, 0.1) is 0 Å². The molecule has 1 aromatic carbocycles. The standard InChI is InChI=1S/C15H19N3O3/c1-20-8-7-16-10-12-9-14(17-18-15(12)19)11-3-5-13(21-2)6-4-11/h3-6,9,16H,7-8,10H2,1-2H3,(H,18,19). The number of methoxy groups -OCH3 is 2. The van der Waals surface area contributed by atoms with Gasteiger partial charge in [-0.1, -0.05) is 0 Å². The Morgan fingerprint density at radius 1 is 1.24 bits per heavy atom. The molecular formula is C15H19N3O3. The average molecular weight is 289 g/mol. The molecule has 0 saturated carbocycles. The van der Waals surface area contributed by atoms with Crippen molar-refractivity contribution in [1.29, 1.82) is 0 Å². The summed E-state index contributed by atoms with van der Waals surface area (Å²) < 4.78 is 10.1. The second kappa shape index (κ2) is 7.56.